The highest BCUT2D eigenvalue weighted by Crippen LogP contribution is 2.32. The van der Waals surface area contributed by atoms with Crippen LogP contribution < -0.4 is 5.32 Å². The topological polar surface area (TPSA) is 92.8 Å². The van der Waals surface area contributed by atoms with Crippen LogP contribution in [0.5, 0.6) is 0 Å². The van der Waals surface area contributed by atoms with Gasteiger partial charge in [0.2, 0.25) is 0 Å². The minimum atomic E-state index is -1.07. The van der Waals surface area contributed by atoms with Crippen molar-refractivity contribution in [1.29, 1.82) is 0 Å². The number of esters is 1. The molecule has 1 aromatic carbocycles. The lowest BCUT2D eigenvalue weighted by atomic mass is 10.1. The Morgan fingerprint density at radius 2 is 1.81 bits per heavy atom. The highest BCUT2D eigenvalue weighted by Gasteiger charge is 2.43. The van der Waals surface area contributed by atoms with Crippen molar-refractivity contribution in [1.82, 2.24) is 10.2 Å². The van der Waals surface area contributed by atoms with Gasteiger partial charge in [-0.2, -0.15) is 11.8 Å². The van der Waals surface area contributed by atoms with Gasteiger partial charge in [-0.1, -0.05) is 12.1 Å². The van der Waals surface area contributed by atoms with Gasteiger partial charge in [-0.15, -0.1) is 0 Å². The average molecular weight is 390 g/mol. The summed E-state index contributed by atoms with van der Waals surface area (Å²) in [5.41, 5.74) is 0.551. The lowest BCUT2D eigenvalue weighted by molar-refractivity contribution is -0.151. The maximum atomic E-state index is 12.6. The Balaban J connectivity index is 1.64. The first kappa shape index (κ1) is 19.4. The summed E-state index contributed by atoms with van der Waals surface area (Å²) in [7, 11) is 0. The van der Waals surface area contributed by atoms with Crippen LogP contribution in [-0.2, 0) is 14.3 Å². The van der Waals surface area contributed by atoms with Crippen molar-refractivity contribution in [2.75, 3.05) is 18.6 Å². The van der Waals surface area contributed by atoms with Gasteiger partial charge in [0.05, 0.1) is 11.1 Å². The molecule has 0 radical (unpaired) electrons. The summed E-state index contributed by atoms with van der Waals surface area (Å²) in [5, 5.41) is 2.80. The SMILES string of the molecule is CSC[C@H](C(=O)OCC(=O)N[C@@H](C)C1CC1)N1C(=O)c2ccccc2C1=O. The summed E-state index contributed by atoms with van der Waals surface area (Å²) >= 11 is 1.32. The number of hydrogen-bond acceptors (Lipinski definition) is 6. The number of rotatable bonds is 8. The van der Waals surface area contributed by atoms with E-state index in [0.29, 0.717) is 5.92 Å². The van der Waals surface area contributed by atoms with E-state index in [2.05, 4.69) is 5.32 Å². The third-order valence-electron chi connectivity index (χ3n) is 4.80. The number of carbonyl (C=O) groups is 4. The largest absolute Gasteiger partial charge is 0.454 e. The molecule has 0 unspecified atom stereocenters. The number of benzene rings is 1. The standard InChI is InChI=1S/C19H22N2O5S/c1-11(12-7-8-12)20-16(22)9-26-19(25)15(10-27-2)21-17(23)13-5-3-4-6-14(13)18(21)24/h3-6,11-12,15H,7-10H2,1-2H3,(H,20,22)/t11-,15+/m0/s1. The first-order valence-corrected chi connectivity index (χ1v) is 10.2. The van der Waals surface area contributed by atoms with Crippen molar-refractivity contribution in [2.24, 2.45) is 5.92 Å². The second kappa shape index (κ2) is 8.12. The van der Waals surface area contributed by atoms with Crippen LogP contribution >= 0.6 is 11.8 Å². The molecular formula is C19H22N2O5S. The maximum absolute atomic E-state index is 12.6. The highest BCUT2D eigenvalue weighted by molar-refractivity contribution is 7.98. The van der Waals surface area contributed by atoms with Crippen molar-refractivity contribution in [3.63, 3.8) is 0 Å². The Bertz CT molecular complexity index is 742. The fourth-order valence-electron chi connectivity index (χ4n) is 3.14. The molecule has 1 fully saturated rings. The number of carbonyl (C=O) groups excluding carboxylic acids is 4. The summed E-state index contributed by atoms with van der Waals surface area (Å²) < 4.78 is 5.12. The number of nitrogens with one attached hydrogen (secondary N) is 1. The maximum Gasteiger partial charge on any atom is 0.330 e. The van der Waals surface area contributed by atoms with Gasteiger partial charge >= 0.3 is 5.97 Å². The zero-order chi connectivity index (χ0) is 19.6. The first-order valence-electron chi connectivity index (χ1n) is 8.86. The molecule has 3 amide bonds. The summed E-state index contributed by atoms with van der Waals surface area (Å²) in [6, 6.07) is 5.44. The number of thioether (sulfide) groups is 1. The van der Waals surface area contributed by atoms with Crippen molar-refractivity contribution in [2.45, 2.75) is 31.8 Å². The van der Waals surface area contributed by atoms with Crippen LogP contribution in [0.2, 0.25) is 0 Å². The third-order valence-corrected chi connectivity index (χ3v) is 5.45. The minimum Gasteiger partial charge on any atom is -0.454 e. The molecule has 0 bridgehead atoms. The van der Waals surface area contributed by atoms with Gasteiger partial charge in [0, 0.05) is 11.8 Å². The molecule has 144 valence electrons. The normalized spacial score (nSPS) is 18.1. The fraction of sp³-hybridized carbons (Fsp3) is 0.474. The number of fused-ring (bicyclic) bond motifs is 1. The van der Waals surface area contributed by atoms with Crippen LogP contribution in [0.25, 0.3) is 0 Å². The molecule has 27 heavy (non-hydrogen) atoms. The lowest BCUT2D eigenvalue weighted by Crippen LogP contribution is -2.48. The Morgan fingerprint density at radius 3 is 2.33 bits per heavy atom. The summed E-state index contributed by atoms with van der Waals surface area (Å²) in [6.07, 6.45) is 3.95. The van der Waals surface area contributed by atoms with E-state index in [1.165, 1.54) is 11.8 Å². The molecular weight excluding hydrogens is 368 g/mol. The third kappa shape index (κ3) is 4.16. The predicted molar refractivity (Wildman–Crippen MR) is 100 cm³/mol. The minimum absolute atomic E-state index is 0.0504. The second-order valence-corrected chi connectivity index (χ2v) is 7.71. The Labute approximate surface area is 161 Å². The van der Waals surface area contributed by atoms with Crippen LogP contribution in [0.1, 0.15) is 40.5 Å². The van der Waals surface area contributed by atoms with Crippen LogP contribution in [0.3, 0.4) is 0 Å². The second-order valence-electron chi connectivity index (χ2n) is 6.80. The zero-order valence-electron chi connectivity index (χ0n) is 15.3. The molecule has 1 aliphatic carbocycles. The molecule has 3 rings (SSSR count). The van der Waals surface area contributed by atoms with Gasteiger partial charge in [0.25, 0.3) is 17.7 Å². The Hall–Kier alpha value is -2.35. The van der Waals surface area contributed by atoms with E-state index in [0.717, 1.165) is 17.7 Å². The average Bonchev–Trinajstić information content (AvgIpc) is 3.47. The fourth-order valence-corrected chi connectivity index (χ4v) is 3.74. The van der Waals surface area contributed by atoms with E-state index < -0.39 is 30.4 Å². The van der Waals surface area contributed by atoms with Gasteiger partial charge in [-0.3, -0.25) is 19.3 Å². The first-order chi connectivity index (χ1) is 12.9. The van der Waals surface area contributed by atoms with E-state index >= 15 is 0 Å². The lowest BCUT2D eigenvalue weighted by Gasteiger charge is -2.24. The van der Waals surface area contributed by atoms with Crippen LogP contribution in [0, 0.1) is 5.92 Å². The molecule has 0 saturated heterocycles. The van der Waals surface area contributed by atoms with E-state index in [4.69, 9.17) is 4.74 Å². The summed E-state index contributed by atoms with van der Waals surface area (Å²) in [4.78, 5) is 50.6. The van der Waals surface area contributed by atoms with E-state index in [1.54, 1.807) is 30.5 Å². The highest BCUT2D eigenvalue weighted by atomic mass is 32.2. The van der Waals surface area contributed by atoms with Crippen LogP contribution in [0.4, 0.5) is 0 Å². The molecule has 7 nitrogen and oxygen atoms in total. The van der Waals surface area contributed by atoms with Crippen molar-refractivity contribution in [3.05, 3.63) is 35.4 Å². The molecule has 1 aliphatic heterocycles. The van der Waals surface area contributed by atoms with E-state index in [9.17, 15) is 19.2 Å². The van der Waals surface area contributed by atoms with Gasteiger partial charge in [-0.05, 0) is 44.1 Å². The quantitative estimate of drug-likeness (QED) is 0.534. The molecule has 1 N–H and O–H groups in total. The molecule has 0 aromatic heterocycles. The zero-order valence-corrected chi connectivity index (χ0v) is 16.1. The molecule has 2 aliphatic rings. The summed E-state index contributed by atoms with van der Waals surface area (Å²) in [6.45, 7) is 1.50. The van der Waals surface area contributed by atoms with E-state index in [1.807, 2.05) is 6.92 Å². The molecule has 2 atom stereocenters. The van der Waals surface area contributed by atoms with Gasteiger partial charge in [-0.25, -0.2) is 4.79 Å². The molecule has 1 saturated carbocycles. The van der Waals surface area contributed by atoms with Crippen molar-refractivity contribution < 1.29 is 23.9 Å². The number of amides is 3. The molecule has 1 heterocycles. The molecule has 8 heteroatoms. The monoisotopic (exact) mass is 390 g/mol. The van der Waals surface area contributed by atoms with E-state index in [-0.39, 0.29) is 28.8 Å². The van der Waals surface area contributed by atoms with Gasteiger partial charge < -0.3 is 10.1 Å². The van der Waals surface area contributed by atoms with Crippen molar-refractivity contribution >= 4 is 35.5 Å². The summed E-state index contributed by atoms with van der Waals surface area (Å²) in [5.74, 6) is -1.48. The van der Waals surface area contributed by atoms with Crippen molar-refractivity contribution in [3.8, 4) is 0 Å². The van der Waals surface area contributed by atoms with Gasteiger partial charge in [0.1, 0.15) is 6.04 Å². The number of hydrogen-bond donors (Lipinski definition) is 1. The molecule has 0 spiro atoms. The number of nitrogens with zero attached hydrogens (tertiary/aromatic N) is 1. The van der Waals surface area contributed by atoms with Crippen LogP contribution in [0.15, 0.2) is 24.3 Å². The van der Waals surface area contributed by atoms with Crippen LogP contribution in [-0.4, -0.2) is 59.3 Å². The van der Waals surface area contributed by atoms with Gasteiger partial charge in [0.15, 0.2) is 6.61 Å². The smallest absolute Gasteiger partial charge is 0.330 e. The molecule has 1 aromatic rings. The number of imide groups is 1. The predicted octanol–water partition coefficient (Wildman–Crippen LogP) is 1.47. The Morgan fingerprint density at radius 1 is 1.22 bits per heavy atom. The number of ether oxygens (including phenoxy) is 1. The Kier molecular flexibility index (Phi) is 5.84.